The summed E-state index contributed by atoms with van der Waals surface area (Å²) in [7, 11) is -0.409. The van der Waals surface area contributed by atoms with E-state index >= 15 is 0 Å². The van der Waals surface area contributed by atoms with Crippen molar-refractivity contribution in [3.05, 3.63) is 543 Å². The number of fused-ring (bicyclic) bond motifs is 9. The van der Waals surface area contributed by atoms with E-state index in [0.29, 0.717) is 0 Å². The normalized spacial score (nSPS) is 12.5. The van der Waals surface area contributed by atoms with Crippen molar-refractivity contribution in [3.63, 3.8) is 0 Å². The molecule has 0 spiro atoms. The minimum atomic E-state index is -0.409. The summed E-state index contributed by atoms with van der Waals surface area (Å²) < 4.78 is 34.2. The minimum absolute atomic E-state index is 0.392. The summed E-state index contributed by atoms with van der Waals surface area (Å²) in [5.74, 6) is 0. The molecule has 0 saturated carbocycles. The van der Waals surface area contributed by atoms with Crippen molar-refractivity contribution in [2.24, 2.45) is 0 Å². The molecule has 1 aliphatic rings. The predicted octanol–water partition coefficient (Wildman–Crippen LogP) is 39.7. The summed E-state index contributed by atoms with van der Waals surface area (Å²) in [6.45, 7) is 8.34. The van der Waals surface area contributed by atoms with E-state index in [4.69, 9.17) is 22.6 Å². The van der Waals surface area contributed by atoms with Gasteiger partial charge in [0.25, 0.3) is 0 Å². The van der Waals surface area contributed by atoms with Gasteiger partial charge in [0.1, 0.15) is 33.5 Å². The predicted molar refractivity (Wildman–Crippen MR) is 631 cm³/mol. The van der Waals surface area contributed by atoms with Crippen LogP contribution in [0, 0.1) is 0 Å². The molecule has 8 nitrogen and oxygen atoms in total. The van der Waals surface area contributed by atoms with Crippen LogP contribution >= 0.6 is 31.9 Å². The van der Waals surface area contributed by atoms with E-state index in [9.17, 15) is 0 Å². The van der Waals surface area contributed by atoms with Crippen LogP contribution in [0.3, 0.4) is 0 Å². The van der Waals surface area contributed by atoms with E-state index in [-0.39, 0.29) is 0 Å². The SMILES string of the molecule is Brc1cccc(Br)c1-c1ccccc1.CC1(C)OB(c2ccc(N(c3ccc(-c4ccccc4)cc3)c3ccc(-c4cccc5c4oc4ccccc45)cc3)cc2)OC1(C)C.c1ccc(-c2ccc(N(c3ccc(-c4cccc(-c5ccc(N(c6ccc(-c7ccccc7)cc6)c6ccc(-c7cccc8c7oc7ccccc78)cc6)cc5)c4-c4ccccc4)cc3)c3ccc(-c4cccc5c4oc4ccccc45)cc3)cc2)cc1. The van der Waals surface area contributed by atoms with Crippen molar-refractivity contribution in [2.45, 2.75) is 38.9 Å². The van der Waals surface area contributed by atoms with Crippen molar-refractivity contribution >= 4 is 161 Å². The summed E-state index contributed by atoms with van der Waals surface area (Å²) in [5, 5.41) is 6.75. The standard InChI is InChI=1S/C84H56N2O2.C42H36BNO3.C12H8Br2/c1-4-17-57(18-5-1)59-33-45-66(46-34-59)85(70-53-41-63(42-54-70)74-27-15-29-78-76-23-10-12-31-80(76)87-83(74)78)68-49-37-61(38-50-68)72-25-14-26-73(82(72)65-21-8-3-9-22-65)62-39-51-69(52-40-62)86(67-47-35-60(36-48-67)58-19-6-2-7-20-58)71-55-43-64(44-56-71)75-28-16-30-79-77-24-11-13-32-81(77)88-84(75)79;1-41(2)42(3,4)47-43(46-41)32-21-27-35(28-22-32)44(33-23-17-30(18-24-33)29-11-6-5-7-12-29)34-25-19-31(20-26-34)36-14-10-15-38-37-13-8-9-16-39(37)45-40(36)38;13-10-7-4-8-11(14)12(10)9-5-2-1-3-6-9/h1-56H;5-28H,1-4H3;1-8H. The molecule has 0 N–H and O–H groups in total. The topological polar surface area (TPSA) is 67.6 Å². The van der Waals surface area contributed by atoms with Gasteiger partial charge in [-0.2, -0.15) is 0 Å². The molecule has 1 saturated heterocycles. The number of hydrogen-bond donors (Lipinski definition) is 0. The lowest BCUT2D eigenvalue weighted by atomic mass is 9.79. The molecular weight excluding hydrogens is 1950 g/mol. The lowest BCUT2D eigenvalue weighted by Crippen LogP contribution is -2.41. The van der Waals surface area contributed by atoms with Crippen LogP contribution in [0.5, 0.6) is 0 Å². The Bertz CT molecular complexity index is 8750. The second-order valence-electron chi connectivity index (χ2n) is 38.6. The van der Waals surface area contributed by atoms with E-state index in [2.05, 4.69) is 529 Å². The van der Waals surface area contributed by atoms with Gasteiger partial charge in [-0.1, -0.05) is 426 Å². The Labute approximate surface area is 884 Å². The Morgan fingerprint density at radius 2 is 0.376 bits per heavy atom. The van der Waals surface area contributed by atoms with Crippen LogP contribution in [-0.2, 0) is 9.31 Å². The van der Waals surface area contributed by atoms with Gasteiger partial charge in [0.2, 0.25) is 0 Å². The van der Waals surface area contributed by atoms with Crippen molar-refractivity contribution in [2.75, 3.05) is 14.7 Å². The first-order chi connectivity index (χ1) is 73.2. The second-order valence-corrected chi connectivity index (χ2v) is 40.3. The molecule has 0 aliphatic carbocycles. The summed E-state index contributed by atoms with van der Waals surface area (Å²) in [6.07, 6.45) is 0. The van der Waals surface area contributed by atoms with Crippen LogP contribution in [0.1, 0.15) is 27.7 Å². The number of para-hydroxylation sites is 6. The van der Waals surface area contributed by atoms with Gasteiger partial charge in [-0.25, -0.2) is 0 Å². The number of halogens is 2. The highest BCUT2D eigenvalue weighted by molar-refractivity contribution is 9.11. The van der Waals surface area contributed by atoms with E-state index in [0.717, 1.165) is 193 Å². The third-order valence-electron chi connectivity index (χ3n) is 28.9. The molecule has 1 fully saturated rings. The number of hydrogen-bond acceptors (Lipinski definition) is 8. The van der Waals surface area contributed by atoms with Crippen molar-refractivity contribution in [3.8, 4) is 111 Å². The van der Waals surface area contributed by atoms with E-state index < -0.39 is 18.3 Å². The van der Waals surface area contributed by atoms with Gasteiger partial charge in [0, 0.05) is 115 Å². The third-order valence-corrected chi connectivity index (χ3v) is 30.2. The number of anilines is 9. The van der Waals surface area contributed by atoms with Crippen LogP contribution in [0.4, 0.5) is 51.2 Å². The number of benzene rings is 22. The molecule has 26 rings (SSSR count). The fraction of sp³-hybridized carbons (Fsp3) is 0.0435. The Morgan fingerprint density at radius 1 is 0.174 bits per heavy atom. The maximum Gasteiger partial charge on any atom is 0.494 e. The smallest absolute Gasteiger partial charge is 0.455 e. The van der Waals surface area contributed by atoms with Gasteiger partial charge < -0.3 is 37.3 Å². The lowest BCUT2D eigenvalue weighted by molar-refractivity contribution is 0.00578. The Morgan fingerprint density at radius 3 is 0.658 bits per heavy atom. The van der Waals surface area contributed by atoms with Gasteiger partial charge in [-0.05, 0) is 262 Å². The molecule has 149 heavy (non-hydrogen) atoms. The van der Waals surface area contributed by atoms with E-state index in [1.165, 1.54) is 50.1 Å². The summed E-state index contributed by atoms with van der Waals surface area (Å²) >= 11 is 7.11. The zero-order valence-electron chi connectivity index (χ0n) is 82.5. The average molecular weight is 2050 g/mol. The fourth-order valence-electron chi connectivity index (χ4n) is 20.6. The van der Waals surface area contributed by atoms with Gasteiger partial charge in [-0.3, -0.25) is 0 Å². The largest absolute Gasteiger partial charge is 0.494 e. The van der Waals surface area contributed by atoms with Crippen LogP contribution < -0.4 is 20.2 Å². The maximum atomic E-state index is 6.49. The first-order valence-electron chi connectivity index (χ1n) is 50.4. The quantitative estimate of drug-likeness (QED) is 0.0700. The molecule has 0 radical (unpaired) electrons. The summed E-state index contributed by atoms with van der Waals surface area (Å²) in [6, 6.07) is 189. The highest BCUT2D eigenvalue weighted by atomic mass is 79.9. The first kappa shape index (κ1) is 93.9. The highest BCUT2D eigenvalue weighted by Gasteiger charge is 2.52. The van der Waals surface area contributed by atoms with E-state index in [1.54, 1.807) is 0 Å². The summed E-state index contributed by atoms with van der Waals surface area (Å²) in [5.41, 5.74) is 38.0. The second kappa shape index (κ2) is 40.9. The minimum Gasteiger partial charge on any atom is -0.455 e. The molecule has 1 aliphatic heterocycles. The first-order valence-corrected chi connectivity index (χ1v) is 52.0. The Balaban J connectivity index is 0.000000160. The Hall–Kier alpha value is -17.4. The molecule has 0 atom stereocenters. The van der Waals surface area contributed by atoms with E-state index in [1.807, 2.05) is 78.9 Å². The van der Waals surface area contributed by atoms with Gasteiger partial charge >= 0.3 is 7.12 Å². The van der Waals surface area contributed by atoms with Gasteiger partial charge in [0.05, 0.1) is 11.2 Å². The van der Waals surface area contributed by atoms with Crippen LogP contribution in [0.2, 0.25) is 0 Å². The van der Waals surface area contributed by atoms with Crippen molar-refractivity contribution in [1.29, 1.82) is 0 Å². The van der Waals surface area contributed by atoms with Crippen LogP contribution in [-0.4, -0.2) is 18.3 Å². The number of rotatable bonds is 20. The molecule has 22 aromatic carbocycles. The maximum absolute atomic E-state index is 6.49. The molecular formula is C138H100BBr2N3O5. The molecule has 11 heteroatoms. The monoisotopic (exact) mass is 2050 g/mol. The van der Waals surface area contributed by atoms with Gasteiger partial charge in [0.15, 0.2) is 0 Å². The Kier molecular flexibility index (Phi) is 25.8. The molecule has 0 unspecified atom stereocenters. The molecule has 25 aromatic rings. The molecule has 714 valence electrons. The number of nitrogens with zero attached hydrogens (tertiary/aromatic N) is 3. The molecule has 4 heterocycles. The summed E-state index contributed by atoms with van der Waals surface area (Å²) in [4.78, 5) is 6.98. The van der Waals surface area contributed by atoms with Crippen LogP contribution in [0.15, 0.2) is 556 Å². The molecule has 0 bridgehead atoms. The third kappa shape index (κ3) is 18.8. The van der Waals surface area contributed by atoms with Gasteiger partial charge in [-0.15, -0.1) is 0 Å². The highest BCUT2D eigenvalue weighted by Crippen LogP contribution is 2.50. The zero-order valence-corrected chi connectivity index (χ0v) is 85.7. The lowest BCUT2D eigenvalue weighted by Gasteiger charge is -2.32. The van der Waals surface area contributed by atoms with Crippen molar-refractivity contribution in [1.82, 2.24) is 0 Å². The molecule has 0 amide bonds. The zero-order chi connectivity index (χ0) is 100. The van der Waals surface area contributed by atoms with Crippen LogP contribution in [0.25, 0.3) is 177 Å². The fourth-order valence-corrected chi connectivity index (χ4v) is 22.1. The van der Waals surface area contributed by atoms with Crippen molar-refractivity contribution < 1.29 is 22.6 Å². The number of furan rings is 3. The average Bonchev–Trinajstić information content (AvgIpc) is 1.74. The molecule has 3 aromatic heterocycles.